The van der Waals surface area contributed by atoms with Gasteiger partial charge in [0.15, 0.2) is 11.5 Å². The number of nitriles is 1. The molecule has 0 aliphatic rings. The van der Waals surface area contributed by atoms with Crippen molar-refractivity contribution in [3.8, 4) is 23.3 Å². The van der Waals surface area contributed by atoms with Crippen molar-refractivity contribution >= 4 is 17.6 Å². The summed E-state index contributed by atoms with van der Waals surface area (Å²) < 4.78 is 12.0. The number of benzene rings is 2. The maximum Gasteiger partial charge on any atom is 0.346 e. The van der Waals surface area contributed by atoms with Gasteiger partial charge >= 0.3 is 5.97 Å². The summed E-state index contributed by atoms with van der Waals surface area (Å²) in [7, 11) is 1.44. The fourth-order valence-corrected chi connectivity index (χ4v) is 2.35. The van der Waals surface area contributed by atoms with Crippen LogP contribution in [0.25, 0.3) is 5.69 Å². The number of nitrogens with zero attached hydrogens (tertiary/aromatic N) is 3. The average Bonchev–Trinajstić information content (AvgIpc) is 3.12. The Balaban J connectivity index is 1.82. The molecule has 0 N–H and O–H groups in total. The van der Waals surface area contributed by atoms with Gasteiger partial charge in [-0.2, -0.15) is 10.4 Å². The number of carbonyl (C=O) groups is 1. The van der Waals surface area contributed by atoms with Gasteiger partial charge < -0.3 is 9.47 Å². The minimum absolute atomic E-state index is 0.224. The Morgan fingerprint density at radius 2 is 2.08 bits per heavy atom. The van der Waals surface area contributed by atoms with E-state index in [1.54, 1.807) is 30.5 Å². The Bertz CT molecular complexity index is 976. The van der Waals surface area contributed by atoms with Crippen molar-refractivity contribution in [3.05, 3.63) is 71.0 Å². The summed E-state index contributed by atoms with van der Waals surface area (Å²) in [5.41, 5.74) is 1.40. The van der Waals surface area contributed by atoms with Gasteiger partial charge in [-0.05, 0) is 30.3 Å². The van der Waals surface area contributed by atoms with Gasteiger partial charge in [0.25, 0.3) is 0 Å². The van der Waals surface area contributed by atoms with Crippen molar-refractivity contribution in [2.45, 2.75) is 0 Å². The highest BCUT2D eigenvalue weighted by molar-refractivity contribution is 6.30. The number of aromatic nitrogens is 2. The highest BCUT2D eigenvalue weighted by Gasteiger charge is 2.15. The molecule has 124 valence electrons. The molecule has 1 heterocycles. The lowest BCUT2D eigenvalue weighted by molar-refractivity contribution is 0.0729. The largest absolute Gasteiger partial charge is 0.493 e. The van der Waals surface area contributed by atoms with E-state index in [0.29, 0.717) is 16.3 Å². The van der Waals surface area contributed by atoms with Gasteiger partial charge in [-0.15, -0.1) is 0 Å². The van der Waals surface area contributed by atoms with E-state index >= 15 is 0 Å². The summed E-state index contributed by atoms with van der Waals surface area (Å²) in [5.74, 6) is -0.0621. The summed E-state index contributed by atoms with van der Waals surface area (Å²) in [6.45, 7) is 0. The minimum atomic E-state index is -0.587. The predicted molar refractivity (Wildman–Crippen MR) is 91.2 cm³/mol. The third-order valence-corrected chi connectivity index (χ3v) is 3.62. The molecule has 0 saturated carbocycles. The van der Waals surface area contributed by atoms with Crippen LogP contribution in [0.2, 0.25) is 5.02 Å². The zero-order valence-electron chi connectivity index (χ0n) is 13.1. The molecule has 1 aromatic heterocycles. The highest BCUT2D eigenvalue weighted by Crippen LogP contribution is 2.28. The molecule has 0 unspecified atom stereocenters. The molecular weight excluding hydrogens is 342 g/mol. The van der Waals surface area contributed by atoms with Crippen LogP contribution in [0.15, 0.2) is 54.9 Å². The zero-order chi connectivity index (χ0) is 17.8. The molecule has 0 aliphatic heterocycles. The number of esters is 1. The lowest BCUT2D eigenvalue weighted by Gasteiger charge is -2.08. The van der Waals surface area contributed by atoms with E-state index in [4.69, 9.17) is 26.3 Å². The van der Waals surface area contributed by atoms with E-state index in [0.717, 1.165) is 5.69 Å². The Kier molecular flexibility index (Phi) is 4.68. The van der Waals surface area contributed by atoms with Crippen LogP contribution >= 0.6 is 11.6 Å². The van der Waals surface area contributed by atoms with Crippen molar-refractivity contribution in [2.24, 2.45) is 0 Å². The molecular formula is C18H12ClN3O3. The second-order valence-electron chi connectivity index (χ2n) is 5.02. The summed E-state index contributed by atoms with van der Waals surface area (Å²) in [4.78, 5) is 12.3. The Morgan fingerprint density at radius 3 is 2.80 bits per heavy atom. The molecule has 0 amide bonds. The zero-order valence-corrected chi connectivity index (χ0v) is 13.9. The molecule has 0 radical (unpaired) electrons. The third kappa shape index (κ3) is 3.62. The standard InChI is InChI=1S/C18H12ClN3O3/c1-24-17-7-12(9-20)5-6-16(17)25-18(23)13-10-21-22(11-13)15-4-2-3-14(19)8-15/h2-8,10-11H,1H3. The molecule has 0 fully saturated rings. The van der Waals surface area contributed by atoms with E-state index in [1.807, 2.05) is 12.1 Å². The van der Waals surface area contributed by atoms with E-state index in [1.165, 1.54) is 30.1 Å². The first-order chi connectivity index (χ1) is 12.1. The topological polar surface area (TPSA) is 77.1 Å². The van der Waals surface area contributed by atoms with Crippen LogP contribution in [0.1, 0.15) is 15.9 Å². The molecule has 0 aliphatic carbocycles. The molecule has 0 bridgehead atoms. The quantitative estimate of drug-likeness (QED) is 0.528. The number of hydrogen-bond acceptors (Lipinski definition) is 5. The first-order valence-corrected chi connectivity index (χ1v) is 7.59. The summed E-state index contributed by atoms with van der Waals surface area (Å²) in [5, 5.41) is 13.6. The van der Waals surface area contributed by atoms with Gasteiger partial charge in [0.1, 0.15) is 0 Å². The Hall–Kier alpha value is -3.30. The summed E-state index contributed by atoms with van der Waals surface area (Å²) >= 11 is 5.96. The maximum atomic E-state index is 12.3. The first-order valence-electron chi connectivity index (χ1n) is 7.21. The Morgan fingerprint density at radius 1 is 1.24 bits per heavy atom. The number of hydrogen-bond donors (Lipinski definition) is 0. The normalized spacial score (nSPS) is 10.1. The van der Waals surface area contributed by atoms with Crippen LogP contribution in [0.4, 0.5) is 0 Å². The van der Waals surface area contributed by atoms with Gasteiger partial charge in [-0.3, -0.25) is 0 Å². The molecule has 2 aromatic carbocycles. The van der Waals surface area contributed by atoms with E-state index in [-0.39, 0.29) is 11.3 Å². The Labute approximate surface area is 148 Å². The summed E-state index contributed by atoms with van der Waals surface area (Å²) in [6, 6.07) is 13.6. The molecule has 0 saturated heterocycles. The monoisotopic (exact) mass is 353 g/mol. The second-order valence-corrected chi connectivity index (χ2v) is 5.46. The van der Waals surface area contributed by atoms with E-state index in [9.17, 15) is 4.79 Å². The van der Waals surface area contributed by atoms with E-state index < -0.39 is 5.97 Å². The van der Waals surface area contributed by atoms with Crippen LogP contribution in [-0.2, 0) is 0 Å². The molecule has 0 atom stereocenters. The van der Waals surface area contributed by atoms with Crippen molar-refractivity contribution < 1.29 is 14.3 Å². The lowest BCUT2D eigenvalue weighted by atomic mass is 10.2. The lowest BCUT2D eigenvalue weighted by Crippen LogP contribution is -2.08. The van der Waals surface area contributed by atoms with Crippen LogP contribution < -0.4 is 9.47 Å². The number of ether oxygens (including phenoxy) is 2. The predicted octanol–water partition coefficient (Wildman–Crippen LogP) is 3.63. The molecule has 6 nitrogen and oxygen atoms in total. The fraction of sp³-hybridized carbons (Fsp3) is 0.0556. The maximum absolute atomic E-state index is 12.3. The van der Waals surface area contributed by atoms with Gasteiger partial charge in [-0.25, -0.2) is 9.48 Å². The van der Waals surface area contributed by atoms with Crippen molar-refractivity contribution in [2.75, 3.05) is 7.11 Å². The fourth-order valence-electron chi connectivity index (χ4n) is 2.17. The third-order valence-electron chi connectivity index (χ3n) is 3.39. The van der Waals surface area contributed by atoms with Crippen LogP contribution in [-0.4, -0.2) is 22.9 Å². The number of methoxy groups -OCH3 is 1. The van der Waals surface area contributed by atoms with Crippen molar-refractivity contribution in [3.63, 3.8) is 0 Å². The minimum Gasteiger partial charge on any atom is -0.493 e. The second kappa shape index (κ2) is 7.07. The average molecular weight is 354 g/mol. The van der Waals surface area contributed by atoms with Crippen molar-refractivity contribution in [1.82, 2.24) is 9.78 Å². The van der Waals surface area contributed by atoms with Crippen molar-refractivity contribution in [1.29, 1.82) is 5.26 Å². The van der Waals surface area contributed by atoms with Crippen LogP contribution in [0.3, 0.4) is 0 Å². The van der Waals surface area contributed by atoms with Gasteiger partial charge in [0, 0.05) is 17.3 Å². The van der Waals surface area contributed by atoms with Gasteiger partial charge in [0.05, 0.1) is 36.2 Å². The smallest absolute Gasteiger partial charge is 0.346 e. The molecule has 25 heavy (non-hydrogen) atoms. The van der Waals surface area contributed by atoms with Crippen LogP contribution in [0.5, 0.6) is 11.5 Å². The number of rotatable bonds is 4. The van der Waals surface area contributed by atoms with Gasteiger partial charge in [0.2, 0.25) is 0 Å². The summed E-state index contributed by atoms with van der Waals surface area (Å²) in [6.07, 6.45) is 2.95. The van der Waals surface area contributed by atoms with Gasteiger partial charge in [-0.1, -0.05) is 17.7 Å². The van der Waals surface area contributed by atoms with E-state index in [2.05, 4.69) is 5.10 Å². The molecule has 3 rings (SSSR count). The number of carbonyl (C=O) groups excluding carboxylic acids is 1. The molecule has 7 heteroatoms. The molecule has 3 aromatic rings. The van der Waals surface area contributed by atoms with Crippen LogP contribution in [0, 0.1) is 11.3 Å². The number of halogens is 1. The molecule has 0 spiro atoms. The highest BCUT2D eigenvalue weighted by atomic mass is 35.5. The SMILES string of the molecule is COc1cc(C#N)ccc1OC(=O)c1cnn(-c2cccc(Cl)c2)c1. The first kappa shape index (κ1) is 16.6.